The molecule has 0 spiro atoms. The highest BCUT2D eigenvalue weighted by Crippen LogP contribution is 2.24. The molecule has 1 aromatic rings. The first-order valence-corrected chi connectivity index (χ1v) is 6.68. The topological polar surface area (TPSA) is 75.6 Å². The Bertz CT molecular complexity index is 478. The zero-order valence-electron chi connectivity index (χ0n) is 11.4. The normalized spacial score (nSPS) is 13.3. The van der Waals surface area contributed by atoms with Gasteiger partial charge in [-0.15, -0.1) is 0 Å². The van der Waals surface area contributed by atoms with Crippen molar-refractivity contribution in [3.05, 3.63) is 29.3 Å². The van der Waals surface area contributed by atoms with Crippen LogP contribution >= 0.6 is 11.6 Å². The minimum Gasteiger partial charge on any atom is -0.481 e. The van der Waals surface area contributed by atoms with Crippen LogP contribution in [0.15, 0.2) is 24.3 Å². The fraction of sp³-hybridized carbons (Fsp3) is 0.429. The van der Waals surface area contributed by atoms with Gasteiger partial charge < -0.3 is 15.2 Å². The number of hydrogen-bond acceptors (Lipinski definition) is 3. The van der Waals surface area contributed by atoms with Crippen molar-refractivity contribution in [2.75, 3.05) is 6.54 Å². The average Bonchev–Trinajstić information content (AvgIpc) is 2.37. The molecule has 0 bridgehead atoms. The Balaban J connectivity index is 2.44. The second-order valence-electron chi connectivity index (χ2n) is 4.64. The highest BCUT2D eigenvalue weighted by molar-refractivity contribution is 6.32. The summed E-state index contributed by atoms with van der Waals surface area (Å²) in [6.07, 6.45) is -0.688. The molecule has 0 aliphatic heterocycles. The third-order valence-electron chi connectivity index (χ3n) is 2.66. The Labute approximate surface area is 122 Å². The number of hydrogen-bond donors (Lipinski definition) is 2. The van der Waals surface area contributed by atoms with Crippen molar-refractivity contribution in [1.82, 2.24) is 5.32 Å². The zero-order valence-corrected chi connectivity index (χ0v) is 12.2. The number of benzene rings is 1. The Morgan fingerprint density at radius 2 is 2.00 bits per heavy atom. The Morgan fingerprint density at radius 1 is 1.35 bits per heavy atom. The van der Waals surface area contributed by atoms with Gasteiger partial charge in [0.25, 0.3) is 5.91 Å². The second-order valence-corrected chi connectivity index (χ2v) is 5.05. The molecule has 0 aromatic heterocycles. The third-order valence-corrected chi connectivity index (χ3v) is 2.97. The number of ether oxygens (including phenoxy) is 1. The molecule has 1 aromatic carbocycles. The fourth-order valence-corrected chi connectivity index (χ4v) is 1.75. The van der Waals surface area contributed by atoms with E-state index in [-0.39, 0.29) is 18.2 Å². The molecule has 2 N–H and O–H groups in total. The second kappa shape index (κ2) is 7.75. The molecule has 2 unspecified atom stereocenters. The van der Waals surface area contributed by atoms with Crippen molar-refractivity contribution >= 4 is 23.5 Å². The highest BCUT2D eigenvalue weighted by Gasteiger charge is 2.17. The van der Waals surface area contributed by atoms with Crippen LogP contribution in [0.2, 0.25) is 5.02 Å². The van der Waals surface area contributed by atoms with Crippen molar-refractivity contribution in [2.45, 2.75) is 26.4 Å². The number of carboxylic acids is 1. The van der Waals surface area contributed by atoms with Crippen LogP contribution in [0.1, 0.15) is 20.3 Å². The first-order chi connectivity index (χ1) is 9.40. The van der Waals surface area contributed by atoms with Gasteiger partial charge in [0.2, 0.25) is 0 Å². The number of amides is 1. The first-order valence-electron chi connectivity index (χ1n) is 6.30. The van der Waals surface area contributed by atoms with Crippen LogP contribution in [0.5, 0.6) is 5.75 Å². The largest absolute Gasteiger partial charge is 0.481 e. The molecule has 0 saturated carbocycles. The molecular formula is C14H18ClNO4. The van der Waals surface area contributed by atoms with E-state index in [1.54, 1.807) is 38.1 Å². The smallest absolute Gasteiger partial charge is 0.303 e. The Hall–Kier alpha value is -1.75. The van der Waals surface area contributed by atoms with Gasteiger partial charge in [-0.2, -0.15) is 0 Å². The van der Waals surface area contributed by atoms with Crippen LogP contribution in [-0.2, 0) is 9.59 Å². The maximum absolute atomic E-state index is 11.8. The Morgan fingerprint density at radius 3 is 2.60 bits per heavy atom. The summed E-state index contributed by atoms with van der Waals surface area (Å²) in [6.45, 7) is 3.66. The van der Waals surface area contributed by atoms with Crippen LogP contribution in [0.4, 0.5) is 0 Å². The van der Waals surface area contributed by atoms with Gasteiger partial charge in [0.05, 0.1) is 5.02 Å². The van der Waals surface area contributed by atoms with Gasteiger partial charge in [-0.05, 0) is 25.0 Å². The monoisotopic (exact) mass is 299 g/mol. The summed E-state index contributed by atoms with van der Waals surface area (Å²) >= 11 is 5.94. The van der Waals surface area contributed by atoms with E-state index in [9.17, 15) is 9.59 Å². The molecule has 1 rings (SSSR count). The summed E-state index contributed by atoms with van der Waals surface area (Å²) in [5, 5.41) is 11.7. The fourth-order valence-electron chi connectivity index (χ4n) is 1.57. The number of aliphatic carboxylic acids is 1. The highest BCUT2D eigenvalue weighted by atomic mass is 35.5. The molecule has 0 radical (unpaired) electrons. The summed E-state index contributed by atoms with van der Waals surface area (Å²) < 4.78 is 5.46. The molecule has 0 saturated heterocycles. The van der Waals surface area contributed by atoms with Crippen LogP contribution in [0, 0.1) is 5.92 Å². The quantitative estimate of drug-likeness (QED) is 0.810. The van der Waals surface area contributed by atoms with Gasteiger partial charge in [-0.25, -0.2) is 0 Å². The summed E-state index contributed by atoms with van der Waals surface area (Å²) in [7, 11) is 0. The first kappa shape index (κ1) is 16.3. The lowest BCUT2D eigenvalue weighted by Gasteiger charge is -2.17. The molecule has 6 heteroatoms. The lowest BCUT2D eigenvalue weighted by atomic mass is 10.1. The summed E-state index contributed by atoms with van der Waals surface area (Å²) in [5.74, 6) is -0.881. The van der Waals surface area contributed by atoms with Gasteiger partial charge in [-0.3, -0.25) is 9.59 Å². The van der Waals surface area contributed by atoms with Crippen molar-refractivity contribution in [3.8, 4) is 5.75 Å². The van der Waals surface area contributed by atoms with Gasteiger partial charge in [0, 0.05) is 13.0 Å². The molecule has 0 fully saturated rings. The molecule has 5 nitrogen and oxygen atoms in total. The van der Waals surface area contributed by atoms with Gasteiger partial charge in [0.1, 0.15) is 5.75 Å². The van der Waals surface area contributed by atoms with Gasteiger partial charge in [0.15, 0.2) is 6.10 Å². The maximum Gasteiger partial charge on any atom is 0.303 e. The Kier molecular flexibility index (Phi) is 6.31. The van der Waals surface area contributed by atoms with Crippen LogP contribution < -0.4 is 10.1 Å². The number of carbonyl (C=O) groups excluding carboxylic acids is 1. The van der Waals surface area contributed by atoms with E-state index in [0.29, 0.717) is 17.3 Å². The van der Waals surface area contributed by atoms with Crippen molar-refractivity contribution in [1.29, 1.82) is 0 Å². The molecular weight excluding hydrogens is 282 g/mol. The van der Waals surface area contributed by atoms with Crippen LogP contribution in [-0.4, -0.2) is 29.6 Å². The van der Waals surface area contributed by atoms with Crippen molar-refractivity contribution < 1.29 is 19.4 Å². The number of halogens is 1. The maximum atomic E-state index is 11.8. The van der Waals surface area contributed by atoms with Crippen molar-refractivity contribution in [2.24, 2.45) is 5.92 Å². The van der Waals surface area contributed by atoms with Crippen LogP contribution in [0.25, 0.3) is 0 Å². The zero-order chi connectivity index (χ0) is 15.1. The molecule has 2 atom stereocenters. The van der Waals surface area contributed by atoms with E-state index in [1.807, 2.05) is 0 Å². The van der Waals surface area contributed by atoms with Crippen molar-refractivity contribution in [3.63, 3.8) is 0 Å². The molecule has 0 aliphatic rings. The average molecular weight is 300 g/mol. The summed E-state index contributed by atoms with van der Waals surface area (Å²) in [5.41, 5.74) is 0. The van der Waals surface area contributed by atoms with Gasteiger partial charge >= 0.3 is 5.97 Å². The van der Waals surface area contributed by atoms with E-state index in [4.69, 9.17) is 21.4 Å². The predicted octanol–water partition coefficient (Wildman–Crippen LogP) is 2.33. The molecule has 110 valence electrons. The molecule has 1 amide bonds. The summed E-state index contributed by atoms with van der Waals surface area (Å²) in [6, 6.07) is 6.89. The minimum absolute atomic E-state index is 0.0139. The van der Waals surface area contributed by atoms with Crippen LogP contribution in [0.3, 0.4) is 0 Å². The number of nitrogens with one attached hydrogen (secondary N) is 1. The lowest BCUT2D eigenvalue weighted by Crippen LogP contribution is -2.38. The standard InChI is InChI=1S/C14H18ClNO4/c1-9(7-13(17)18)8-16-14(19)10(2)20-12-6-4-3-5-11(12)15/h3-6,9-10H,7-8H2,1-2H3,(H,16,19)(H,17,18). The minimum atomic E-state index is -0.882. The predicted molar refractivity (Wildman–Crippen MR) is 76.0 cm³/mol. The number of carboxylic acid groups (broad SMARTS) is 1. The summed E-state index contributed by atoms with van der Waals surface area (Å²) in [4.78, 5) is 22.3. The van der Waals surface area contributed by atoms with E-state index in [1.165, 1.54) is 0 Å². The number of para-hydroxylation sites is 1. The lowest BCUT2D eigenvalue weighted by molar-refractivity contribution is -0.138. The van der Waals surface area contributed by atoms with E-state index in [0.717, 1.165) is 0 Å². The third kappa shape index (κ3) is 5.48. The number of rotatable bonds is 7. The number of carbonyl (C=O) groups is 2. The molecule has 20 heavy (non-hydrogen) atoms. The van der Waals surface area contributed by atoms with E-state index in [2.05, 4.69) is 5.32 Å². The van der Waals surface area contributed by atoms with E-state index >= 15 is 0 Å². The van der Waals surface area contributed by atoms with E-state index < -0.39 is 12.1 Å². The molecule has 0 aliphatic carbocycles. The van der Waals surface area contributed by atoms with Gasteiger partial charge in [-0.1, -0.05) is 30.7 Å². The SMILES string of the molecule is CC(CNC(=O)C(C)Oc1ccccc1Cl)CC(=O)O. The molecule has 0 heterocycles.